The highest BCUT2D eigenvalue weighted by atomic mass is 32.1. The predicted octanol–water partition coefficient (Wildman–Crippen LogP) is 4.83. The highest BCUT2D eigenvalue weighted by Gasteiger charge is 2.57. The highest BCUT2D eigenvalue weighted by Crippen LogP contribution is 2.57. The number of hydrogen-bond acceptors (Lipinski definition) is 5. The molecule has 0 radical (unpaired) electrons. The van der Waals surface area contributed by atoms with Crippen molar-refractivity contribution in [2.45, 2.75) is 65.7 Å². The van der Waals surface area contributed by atoms with E-state index in [9.17, 15) is 19.5 Å². The molecule has 1 amide bonds. The first-order valence-corrected chi connectivity index (χ1v) is 12.2. The molecule has 0 saturated heterocycles. The lowest BCUT2D eigenvalue weighted by atomic mass is 9.78. The summed E-state index contributed by atoms with van der Waals surface area (Å²) in [6.07, 6.45) is 6.59. The first-order valence-electron chi connectivity index (χ1n) is 11.4. The number of carboxylic acids is 1. The molecule has 1 heterocycles. The van der Waals surface area contributed by atoms with Gasteiger partial charge in [-0.25, -0.2) is 4.79 Å². The summed E-state index contributed by atoms with van der Waals surface area (Å²) >= 11 is 1.46. The normalized spacial score (nSPS) is 26.9. The lowest BCUT2D eigenvalue weighted by Gasteiger charge is -2.26. The van der Waals surface area contributed by atoms with Crippen LogP contribution in [0.5, 0.6) is 0 Å². The van der Waals surface area contributed by atoms with E-state index in [1.165, 1.54) is 11.3 Å². The fraction of sp³-hybridized carbons (Fsp3) is 0.625. The summed E-state index contributed by atoms with van der Waals surface area (Å²) in [5, 5.41) is 13.4. The largest absolute Gasteiger partial charge is 0.481 e. The molecule has 0 aromatic carbocycles. The second-order valence-corrected chi connectivity index (χ2v) is 10.2. The quantitative estimate of drug-likeness (QED) is 0.385. The van der Waals surface area contributed by atoms with Gasteiger partial charge in [0, 0.05) is 4.88 Å². The molecule has 0 unspecified atom stereocenters. The van der Waals surface area contributed by atoms with Crippen LogP contribution in [0.25, 0.3) is 0 Å². The van der Waals surface area contributed by atoms with Crippen molar-refractivity contribution in [1.29, 1.82) is 0 Å². The van der Waals surface area contributed by atoms with Crippen molar-refractivity contribution in [3.63, 3.8) is 0 Å². The van der Waals surface area contributed by atoms with Crippen LogP contribution in [0.4, 0.5) is 5.00 Å². The van der Waals surface area contributed by atoms with Gasteiger partial charge in [0.25, 0.3) is 0 Å². The average molecular weight is 446 g/mol. The predicted molar refractivity (Wildman–Crippen MR) is 119 cm³/mol. The van der Waals surface area contributed by atoms with Crippen molar-refractivity contribution in [1.82, 2.24) is 0 Å². The minimum Gasteiger partial charge on any atom is -0.481 e. The van der Waals surface area contributed by atoms with E-state index < -0.39 is 23.8 Å². The Bertz CT molecular complexity index is 942. The zero-order valence-corrected chi connectivity index (χ0v) is 19.3. The number of carbonyl (C=O) groups excluding carboxylic acids is 2. The fourth-order valence-electron chi connectivity index (χ4n) is 6.05. The monoisotopic (exact) mass is 445 g/mol. The Hall–Kier alpha value is -2.15. The second kappa shape index (κ2) is 8.77. The molecule has 7 heteroatoms. The first-order chi connectivity index (χ1) is 14.8. The summed E-state index contributed by atoms with van der Waals surface area (Å²) in [4.78, 5) is 39.5. The molecule has 2 bridgehead atoms. The van der Waals surface area contributed by atoms with Crippen LogP contribution in [0.2, 0.25) is 0 Å². The molecule has 1 aromatic heterocycles. The number of hydrogen-bond donors (Lipinski definition) is 2. The van der Waals surface area contributed by atoms with E-state index in [1.807, 2.05) is 13.8 Å². The summed E-state index contributed by atoms with van der Waals surface area (Å²) in [7, 11) is 0. The molecule has 2 N–H and O–H groups in total. The zero-order chi connectivity index (χ0) is 22.3. The number of nitrogens with one attached hydrogen (secondary N) is 1. The number of aryl methyl sites for hydroxylation is 1. The summed E-state index contributed by atoms with van der Waals surface area (Å²) in [6, 6.07) is 0. The minimum absolute atomic E-state index is 0.0278. The Balaban J connectivity index is 1.68. The lowest BCUT2D eigenvalue weighted by Crippen LogP contribution is -2.38. The van der Waals surface area contributed by atoms with Gasteiger partial charge in [-0.15, -0.1) is 11.3 Å². The maximum Gasteiger partial charge on any atom is 0.341 e. The molecule has 4 atom stereocenters. The van der Waals surface area contributed by atoms with Gasteiger partial charge in [0.05, 0.1) is 24.0 Å². The van der Waals surface area contributed by atoms with Crippen molar-refractivity contribution in [2.24, 2.45) is 23.7 Å². The van der Waals surface area contributed by atoms with Gasteiger partial charge in [-0.05, 0) is 76.7 Å². The van der Waals surface area contributed by atoms with E-state index in [0.29, 0.717) is 10.6 Å². The molecule has 2 fully saturated rings. The SMILES string of the molecule is CCOC(=O)c1c(NC(=O)[C@H]2[C@@H](C(=O)O)[C@H]3CC[C@@H]2C3=C(C)C)sc2c1CCCCC2. The van der Waals surface area contributed by atoms with Crippen molar-refractivity contribution in [3.8, 4) is 0 Å². The van der Waals surface area contributed by atoms with Gasteiger partial charge in [0.1, 0.15) is 5.00 Å². The average Bonchev–Trinajstić information content (AvgIpc) is 3.32. The van der Waals surface area contributed by atoms with Gasteiger partial charge in [0.2, 0.25) is 5.91 Å². The molecule has 2 saturated carbocycles. The Kier molecular flexibility index (Phi) is 6.24. The number of thiophene rings is 1. The smallest absolute Gasteiger partial charge is 0.341 e. The molecule has 1 aromatic rings. The Morgan fingerprint density at radius 3 is 2.39 bits per heavy atom. The summed E-state index contributed by atoms with van der Waals surface area (Å²) < 4.78 is 5.31. The molecular weight excluding hydrogens is 414 g/mol. The van der Waals surface area contributed by atoms with Crippen LogP contribution in [-0.4, -0.2) is 29.6 Å². The third kappa shape index (κ3) is 3.81. The van der Waals surface area contributed by atoms with E-state index in [-0.39, 0.29) is 24.3 Å². The molecular formula is C24H31NO5S. The summed E-state index contributed by atoms with van der Waals surface area (Å²) in [5.41, 5.74) is 3.77. The molecule has 168 valence electrons. The molecule has 6 nitrogen and oxygen atoms in total. The van der Waals surface area contributed by atoms with Gasteiger partial charge in [-0.2, -0.15) is 0 Å². The minimum atomic E-state index is -0.904. The number of carboxylic acid groups (broad SMARTS) is 1. The van der Waals surface area contributed by atoms with E-state index in [1.54, 1.807) is 6.92 Å². The number of rotatable bonds is 5. The van der Waals surface area contributed by atoms with Crippen LogP contribution >= 0.6 is 11.3 Å². The van der Waals surface area contributed by atoms with Gasteiger partial charge in [-0.1, -0.05) is 17.6 Å². The third-order valence-corrected chi connectivity index (χ3v) is 8.35. The van der Waals surface area contributed by atoms with E-state index in [2.05, 4.69) is 5.32 Å². The molecule has 3 aliphatic rings. The number of carbonyl (C=O) groups is 3. The first kappa shape index (κ1) is 22.1. The number of amides is 1. The molecule has 4 rings (SSSR count). The van der Waals surface area contributed by atoms with Crippen LogP contribution in [0.3, 0.4) is 0 Å². The molecule has 3 aliphatic carbocycles. The van der Waals surface area contributed by atoms with Gasteiger partial charge in [-0.3, -0.25) is 9.59 Å². The molecule has 0 aliphatic heterocycles. The number of fused-ring (bicyclic) bond motifs is 3. The summed E-state index contributed by atoms with van der Waals surface area (Å²) in [5.74, 6) is -2.97. The number of allylic oxidation sites excluding steroid dienone is 2. The van der Waals surface area contributed by atoms with E-state index in [4.69, 9.17) is 4.74 Å². The van der Waals surface area contributed by atoms with Crippen molar-refractivity contribution in [3.05, 3.63) is 27.2 Å². The second-order valence-electron chi connectivity index (χ2n) is 9.11. The topological polar surface area (TPSA) is 92.7 Å². The zero-order valence-electron chi connectivity index (χ0n) is 18.5. The highest BCUT2D eigenvalue weighted by molar-refractivity contribution is 7.17. The number of anilines is 1. The number of aliphatic carboxylic acids is 1. The standard InChI is InChI=1S/C24H31NO5S/c1-4-30-24(29)20-13-8-6-5-7-9-16(13)31-22(20)25-21(26)18-14-10-11-15(17(14)12(2)3)19(18)23(27)28/h14-15,18-19H,4-11H2,1-3H3,(H,25,26)(H,27,28)/t14-,15+,18-,19+/m1/s1. The maximum absolute atomic E-state index is 13.5. The Morgan fingerprint density at radius 2 is 1.74 bits per heavy atom. The fourth-order valence-corrected chi connectivity index (χ4v) is 7.33. The van der Waals surface area contributed by atoms with Crippen LogP contribution < -0.4 is 5.32 Å². The van der Waals surface area contributed by atoms with E-state index >= 15 is 0 Å². The Labute approximate surface area is 187 Å². The van der Waals surface area contributed by atoms with Crippen LogP contribution in [0.15, 0.2) is 11.1 Å². The summed E-state index contributed by atoms with van der Waals surface area (Å²) in [6.45, 7) is 6.06. The van der Waals surface area contributed by atoms with Crippen molar-refractivity contribution in [2.75, 3.05) is 11.9 Å². The molecule has 0 spiro atoms. The van der Waals surface area contributed by atoms with Crippen LogP contribution in [0.1, 0.15) is 73.7 Å². The van der Waals surface area contributed by atoms with E-state index in [0.717, 1.165) is 66.5 Å². The van der Waals surface area contributed by atoms with Crippen molar-refractivity contribution < 1.29 is 24.2 Å². The van der Waals surface area contributed by atoms with Crippen molar-refractivity contribution >= 4 is 34.2 Å². The maximum atomic E-state index is 13.5. The van der Waals surface area contributed by atoms with Gasteiger partial charge in [0.15, 0.2) is 0 Å². The molecule has 31 heavy (non-hydrogen) atoms. The van der Waals surface area contributed by atoms with Gasteiger partial charge < -0.3 is 15.2 Å². The van der Waals surface area contributed by atoms with Crippen LogP contribution in [0, 0.1) is 23.7 Å². The van der Waals surface area contributed by atoms with Crippen LogP contribution in [-0.2, 0) is 27.2 Å². The number of ether oxygens (including phenoxy) is 1. The lowest BCUT2D eigenvalue weighted by molar-refractivity contribution is -0.148. The Morgan fingerprint density at radius 1 is 1.06 bits per heavy atom. The van der Waals surface area contributed by atoms with Gasteiger partial charge >= 0.3 is 11.9 Å². The number of esters is 1. The third-order valence-electron chi connectivity index (χ3n) is 7.14.